The number of fused-ring (bicyclic) bond motifs is 1. The number of imidazole rings is 1. The molecule has 3 aromatic rings. The molecule has 0 unspecified atom stereocenters. The number of H-pyrrole nitrogens is 1. The van der Waals surface area contributed by atoms with Gasteiger partial charge in [-0.1, -0.05) is 18.7 Å². The van der Waals surface area contributed by atoms with Gasteiger partial charge in [0.15, 0.2) is 5.16 Å². The van der Waals surface area contributed by atoms with E-state index in [-0.39, 0.29) is 0 Å². The highest BCUT2D eigenvalue weighted by Crippen LogP contribution is 2.31. The van der Waals surface area contributed by atoms with Crippen molar-refractivity contribution in [3.8, 4) is 0 Å². The molecule has 0 radical (unpaired) electrons. The second-order valence-corrected chi connectivity index (χ2v) is 5.47. The van der Waals surface area contributed by atoms with Crippen molar-refractivity contribution in [2.24, 2.45) is 0 Å². The Bertz CT molecular complexity index is 796. The predicted molar refractivity (Wildman–Crippen MR) is 74.3 cm³/mol. The van der Waals surface area contributed by atoms with Gasteiger partial charge in [0.25, 0.3) is 0 Å². The maximum absolute atomic E-state index is 12.7. The van der Waals surface area contributed by atoms with Gasteiger partial charge in [-0.25, -0.2) is 4.98 Å². The van der Waals surface area contributed by atoms with Crippen molar-refractivity contribution in [1.29, 1.82) is 0 Å². The molecule has 22 heavy (non-hydrogen) atoms. The van der Waals surface area contributed by atoms with E-state index in [1.165, 1.54) is 17.8 Å². The summed E-state index contributed by atoms with van der Waals surface area (Å²) in [6.07, 6.45) is -3.71. The van der Waals surface area contributed by atoms with Crippen LogP contribution in [0.5, 0.6) is 0 Å². The number of nitrogens with one attached hydrogen (secondary N) is 1. The Kier molecular flexibility index (Phi) is 3.81. The van der Waals surface area contributed by atoms with Crippen molar-refractivity contribution >= 4 is 22.8 Å². The van der Waals surface area contributed by atoms with Gasteiger partial charge in [-0.2, -0.15) is 13.2 Å². The van der Waals surface area contributed by atoms with Crippen LogP contribution in [0.1, 0.15) is 24.3 Å². The lowest BCUT2D eigenvalue weighted by atomic mass is 10.2. The Hall–Kier alpha value is -2.03. The lowest BCUT2D eigenvalue weighted by Gasteiger charge is -2.05. The molecule has 0 saturated carbocycles. The number of rotatable bonds is 4. The quantitative estimate of drug-likeness (QED) is 0.738. The number of aromatic nitrogens is 4. The molecule has 3 rings (SSSR count). The van der Waals surface area contributed by atoms with Crippen LogP contribution in [-0.4, -0.2) is 20.2 Å². The van der Waals surface area contributed by atoms with Gasteiger partial charge >= 0.3 is 6.18 Å². The molecule has 5 nitrogen and oxygen atoms in total. The van der Waals surface area contributed by atoms with Crippen LogP contribution in [0.4, 0.5) is 13.2 Å². The number of hydrogen-bond acceptors (Lipinski definition) is 5. The number of aromatic amines is 1. The average Bonchev–Trinajstić information content (AvgIpc) is 3.09. The van der Waals surface area contributed by atoms with E-state index in [0.29, 0.717) is 40.1 Å². The van der Waals surface area contributed by atoms with Crippen LogP contribution in [0.15, 0.2) is 27.8 Å². The molecule has 0 aliphatic carbocycles. The summed E-state index contributed by atoms with van der Waals surface area (Å²) < 4.78 is 43.3. The molecule has 0 fully saturated rings. The molecule has 2 heterocycles. The van der Waals surface area contributed by atoms with Crippen LogP contribution in [0.25, 0.3) is 11.0 Å². The average molecular weight is 328 g/mol. The lowest BCUT2D eigenvalue weighted by molar-refractivity contribution is -0.137. The molecule has 0 saturated heterocycles. The molecule has 9 heteroatoms. The van der Waals surface area contributed by atoms with Crippen LogP contribution >= 0.6 is 11.8 Å². The molecule has 2 aromatic heterocycles. The monoisotopic (exact) mass is 328 g/mol. The second kappa shape index (κ2) is 5.64. The van der Waals surface area contributed by atoms with E-state index in [1.54, 1.807) is 0 Å². The van der Waals surface area contributed by atoms with Crippen LogP contribution in [-0.2, 0) is 18.3 Å². The summed E-state index contributed by atoms with van der Waals surface area (Å²) in [6, 6.07) is 3.41. The fourth-order valence-electron chi connectivity index (χ4n) is 1.85. The van der Waals surface area contributed by atoms with Gasteiger partial charge in [-0.05, 0) is 18.2 Å². The standard InChI is InChI=1S/C13H11F3N4OS/c1-2-10-19-20-11(21-10)6-22-12-17-8-4-3-7(13(14,15)16)5-9(8)18-12/h3-5H,2,6H2,1H3,(H,17,18). The molecular formula is C13H11F3N4OS. The SMILES string of the molecule is CCc1nnc(CSc2nc3ccc(C(F)(F)F)cc3[nH]2)o1. The van der Waals surface area contributed by atoms with Gasteiger partial charge in [0.2, 0.25) is 11.8 Å². The molecule has 0 amide bonds. The third-order valence-electron chi connectivity index (χ3n) is 2.93. The van der Waals surface area contributed by atoms with Gasteiger partial charge in [-0.3, -0.25) is 0 Å². The summed E-state index contributed by atoms with van der Waals surface area (Å²) in [4.78, 5) is 7.09. The minimum absolute atomic E-state index is 0.345. The van der Waals surface area contributed by atoms with E-state index in [0.717, 1.165) is 12.1 Å². The molecule has 0 atom stereocenters. The molecule has 0 spiro atoms. The van der Waals surface area contributed by atoms with Crippen molar-refractivity contribution in [3.05, 3.63) is 35.5 Å². The fourth-order valence-corrected chi connectivity index (χ4v) is 2.57. The summed E-state index contributed by atoms with van der Waals surface area (Å²) in [6.45, 7) is 1.90. The Morgan fingerprint density at radius 2 is 2.00 bits per heavy atom. The second-order valence-electron chi connectivity index (χ2n) is 4.50. The van der Waals surface area contributed by atoms with Crippen molar-refractivity contribution in [2.45, 2.75) is 30.4 Å². The summed E-state index contributed by atoms with van der Waals surface area (Å²) in [7, 11) is 0. The van der Waals surface area contributed by atoms with Crippen LogP contribution < -0.4 is 0 Å². The topological polar surface area (TPSA) is 67.6 Å². The number of halogens is 3. The summed E-state index contributed by atoms with van der Waals surface area (Å²) in [5.41, 5.74) is 0.122. The molecule has 0 aliphatic rings. The highest BCUT2D eigenvalue weighted by atomic mass is 32.2. The lowest BCUT2D eigenvalue weighted by Crippen LogP contribution is -2.04. The maximum atomic E-state index is 12.7. The number of nitrogens with zero attached hydrogens (tertiary/aromatic N) is 3. The third kappa shape index (κ3) is 3.08. The van der Waals surface area contributed by atoms with E-state index >= 15 is 0 Å². The first-order valence-electron chi connectivity index (χ1n) is 6.46. The minimum atomic E-state index is -4.37. The largest absolute Gasteiger partial charge is 0.424 e. The Labute approximate surface area is 127 Å². The number of thioether (sulfide) groups is 1. The van der Waals surface area contributed by atoms with E-state index < -0.39 is 11.7 Å². The summed E-state index contributed by atoms with van der Waals surface area (Å²) >= 11 is 1.29. The highest BCUT2D eigenvalue weighted by molar-refractivity contribution is 7.98. The fraction of sp³-hybridized carbons (Fsp3) is 0.308. The third-order valence-corrected chi connectivity index (χ3v) is 3.79. The molecule has 0 bridgehead atoms. The van der Waals surface area contributed by atoms with E-state index in [9.17, 15) is 13.2 Å². The predicted octanol–water partition coefficient (Wildman–Crippen LogP) is 3.82. The van der Waals surface area contributed by atoms with Crippen molar-refractivity contribution < 1.29 is 17.6 Å². The summed E-state index contributed by atoms with van der Waals surface area (Å²) in [5.74, 6) is 1.41. The Morgan fingerprint density at radius 1 is 1.23 bits per heavy atom. The first-order chi connectivity index (χ1) is 10.5. The highest BCUT2D eigenvalue weighted by Gasteiger charge is 2.30. The first-order valence-corrected chi connectivity index (χ1v) is 7.45. The first kappa shape index (κ1) is 14.9. The molecule has 116 valence electrons. The van der Waals surface area contributed by atoms with E-state index in [2.05, 4.69) is 20.2 Å². The zero-order chi connectivity index (χ0) is 15.7. The maximum Gasteiger partial charge on any atom is 0.416 e. The minimum Gasteiger partial charge on any atom is -0.424 e. The molecule has 1 N–H and O–H groups in total. The van der Waals surface area contributed by atoms with E-state index in [1.807, 2.05) is 6.92 Å². The van der Waals surface area contributed by atoms with Gasteiger partial charge in [-0.15, -0.1) is 10.2 Å². The molecule has 1 aromatic carbocycles. The normalized spacial score (nSPS) is 12.2. The van der Waals surface area contributed by atoms with Gasteiger partial charge < -0.3 is 9.40 Å². The Morgan fingerprint density at radius 3 is 2.68 bits per heavy atom. The van der Waals surface area contributed by atoms with Crippen molar-refractivity contribution in [1.82, 2.24) is 20.2 Å². The van der Waals surface area contributed by atoms with Crippen LogP contribution in [0.2, 0.25) is 0 Å². The zero-order valence-corrected chi connectivity index (χ0v) is 12.3. The van der Waals surface area contributed by atoms with E-state index in [4.69, 9.17) is 4.42 Å². The van der Waals surface area contributed by atoms with Crippen molar-refractivity contribution in [3.63, 3.8) is 0 Å². The number of benzene rings is 1. The van der Waals surface area contributed by atoms with Gasteiger partial charge in [0, 0.05) is 6.42 Å². The van der Waals surface area contributed by atoms with Crippen molar-refractivity contribution in [2.75, 3.05) is 0 Å². The number of aryl methyl sites for hydroxylation is 1. The smallest absolute Gasteiger partial charge is 0.416 e. The molecular weight excluding hydrogens is 317 g/mol. The van der Waals surface area contributed by atoms with Gasteiger partial charge in [0.05, 0.1) is 22.3 Å². The zero-order valence-electron chi connectivity index (χ0n) is 11.4. The van der Waals surface area contributed by atoms with Gasteiger partial charge in [0.1, 0.15) is 0 Å². The van der Waals surface area contributed by atoms with Crippen LogP contribution in [0, 0.1) is 0 Å². The van der Waals surface area contributed by atoms with Crippen LogP contribution in [0.3, 0.4) is 0 Å². The number of alkyl halides is 3. The Balaban J connectivity index is 1.77. The molecule has 0 aliphatic heterocycles. The number of hydrogen-bond donors (Lipinski definition) is 1. The summed E-state index contributed by atoms with van der Waals surface area (Å²) in [5, 5.41) is 8.22.